The molecule has 0 aliphatic heterocycles. The number of rotatable bonds is 2. The molecule has 1 N–H and O–H groups in total. The van der Waals surface area contributed by atoms with Crippen LogP contribution in [0.2, 0.25) is 0 Å². The van der Waals surface area contributed by atoms with Crippen LogP contribution >= 0.6 is 0 Å². The van der Waals surface area contributed by atoms with Gasteiger partial charge in [0.1, 0.15) is 0 Å². The summed E-state index contributed by atoms with van der Waals surface area (Å²) < 4.78 is 28.9. The minimum absolute atomic E-state index is 0. The summed E-state index contributed by atoms with van der Waals surface area (Å²) >= 11 is 0. The Hall–Kier alpha value is 0.922. The standard InChI is InChI=1S/C8H8O3S.Cs.H/c9-12(10,11)7-6-8-4-2-1-3-5-8;;/h1-7H,(H,9,10,11);;/q;+1;-1. The molecular formula is C8H9CsO3S. The molecule has 1 aromatic carbocycles. The van der Waals surface area contributed by atoms with Crippen molar-refractivity contribution in [3.05, 3.63) is 41.3 Å². The van der Waals surface area contributed by atoms with Gasteiger partial charge in [0.2, 0.25) is 0 Å². The van der Waals surface area contributed by atoms with Crippen LogP contribution in [0.1, 0.15) is 6.99 Å². The molecular weight excluding hydrogens is 309 g/mol. The summed E-state index contributed by atoms with van der Waals surface area (Å²) in [5.41, 5.74) is 0.732. The van der Waals surface area contributed by atoms with E-state index in [1.807, 2.05) is 6.07 Å². The van der Waals surface area contributed by atoms with Gasteiger partial charge in [-0.2, -0.15) is 8.42 Å². The molecule has 0 bridgehead atoms. The van der Waals surface area contributed by atoms with E-state index in [4.69, 9.17) is 4.55 Å². The summed E-state index contributed by atoms with van der Waals surface area (Å²) in [6.07, 6.45) is 1.33. The van der Waals surface area contributed by atoms with E-state index in [9.17, 15) is 8.42 Å². The summed E-state index contributed by atoms with van der Waals surface area (Å²) in [4.78, 5) is 0. The zero-order chi connectivity index (χ0) is 9.03. The Morgan fingerprint density at radius 3 is 2.23 bits per heavy atom. The van der Waals surface area contributed by atoms with Gasteiger partial charge in [-0.25, -0.2) is 0 Å². The fraction of sp³-hybridized carbons (Fsp3) is 0. The van der Waals surface area contributed by atoms with Gasteiger partial charge < -0.3 is 1.43 Å². The average molecular weight is 318 g/mol. The molecule has 0 aliphatic carbocycles. The molecule has 0 unspecified atom stereocenters. The SMILES string of the molecule is O=S(=O)(O)C=Cc1ccccc1.[Cs+].[H-]. The average Bonchev–Trinajstić information content (AvgIpc) is 2.02. The molecule has 1 rings (SSSR count). The van der Waals surface area contributed by atoms with Gasteiger partial charge in [0.05, 0.1) is 5.41 Å². The first-order valence-electron chi connectivity index (χ1n) is 3.28. The number of hydrogen-bond acceptors (Lipinski definition) is 2. The predicted octanol–water partition coefficient (Wildman–Crippen LogP) is -1.34. The Morgan fingerprint density at radius 2 is 1.77 bits per heavy atom. The minimum atomic E-state index is -4.00. The first-order valence-corrected chi connectivity index (χ1v) is 4.79. The van der Waals surface area contributed by atoms with Gasteiger partial charge in [0, 0.05) is 0 Å². The second-order valence-electron chi connectivity index (χ2n) is 2.23. The third kappa shape index (κ3) is 6.92. The maximum absolute atomic E-state index is 10.3. The quantitative estimate of drug-likeness (QED) is 0.687. The molecule has 0 amide bonds. The van der Waals surface area contributed by atoms with Gasteiger partial charge in [-0.3, -0.25) is 4.55 Å². The van der Waals surface area contributed by atoms with Gasteiger partial charge in [-0.05, 0) is 11.6 Å². The Balaban J connectivity index is 0. The molecule has 0 saturated carbocycles. The first kappa shape index (κ1) is 13.9. The molecule has 1 aromatic rings. The predicted molar refractivity (Wildman–Crippen MR) is 48.1 cm³/mol. The molecule has 0 aromatic heterocycles. The second kappa shape index (κ2) is 6.41. The Kier molecular flexibility index (Phi) is 6.87. The summed E-state index contributed by atoms with van der Waals surface area (Å²) in [7, 11) is -4.00. The largest absolute Gasteiger partial charge is 1.00 e. The minimum Gasteiger partial charge on any atom is -1.00 e. The van der Waals surface area contributed by atoms with Crippen LogP contribution in [0.4, 0.5) is 0 Å². The van der Waals surface area contributed by atoms with Crippen molar-refractivity contribution in [2.24, 2.45) is 0 Å². The van der Waals surface area contributed by atoms with Crippen molar-refractivity contribution in [1.82, 2.24) is 0 Å². The second-order valence-corrected chi connectivity index (χ2v) is 3.53. The topological polar surface area (TPSA) is 54.4 Å². The summed E-state index contributed by atoms with van der Waals surface area (Å²) in [5, 5.41) is 0.752. The van der Waals surface area contributed by atoms with Gasteiger partial charge in [-0.15, -0.1) is 0 Å². The molecule has 0 radical (unpaired) electrons. The third-order valence-electron chi connectivity index (χ3n) is 1.23. The molecule has 5 heteroatoms. The maximum Gasteiger partial charge on any atom is 1.00 e. The molecule has 0 spiro atoms. The Bertz CT molecular complexity index is 375. The van der Waals surface area contributed by atoms with Crippen LogP contribution in [0.25, 0.3) is 6.08 Å². The molecule has 66 valence electrons. The van der Waals surface area contributed by atoms with Crippen LogP contribution in [-0.2, 0) is 10.1 Å². The van der Waals surface area contributed by atoms with Crippen molar-refractivity contribution in [1.29, 1.82) is 0 Å². The van der Waals surface area contributed by atoms with Gasteiger partial charge in [0.15, 0.2) is 0 Å². The van der Waals surface area contributed by atoms with E-state index in [-0.39, 0.29) is 70.3 Å². The van der Waals surface area contributed by atoms with Crippen LogP contribution in [0, 0.1) is 0 Å². The van der Waals surface area contributed by atoms with E-state index in [0.29, 0.717) is 0 Å². The van der Waals surface area contributed by atoms with Gasteiger partial charge in [-0.1, -0.05) is 30.3 Å². The van der Waals surface area contributed by atoms with Crippen LogP contribution in [0.3, 0.4) is 0 Å². The third-order valence-corrected chi connectivity index (χ3v) is 1.71. The van der Waals surface area contributed by atoms with Crippen molar-refractivity contribution in [2.75, 3.05) is 0 Å². The van der Waals surface area contributed by atoms with E-state index >= 15 is 0 Å². The fourth-order valence-electron chi connectivity index (χ4n) is 0.729. The number of hydrogen-bond donors (Lipinski definition) is 1. The first-order chi connectivity index (χ1) is 5.58. The van der Waals surface area contributed by atoms with Crippen molar-refractivity contribution in [2.45, 2.75) is 0 Å². The van der Waals surface area contributed by atoms with Crippen LogP contribution < -0.4 is 68.9 Å². The molecule has 3 nitrogen and oxygen atoms in total. The van der Waals surface area contributed by atoms with Crippen molar-refractivity contribution >= 4 is 16.2 Å². The Labute approximate surface area is 138 Å². The van der Waals surface area contributed by atoms with Gasteiger partial charge >= 0.3 is 68.9 Å². The van der Waals surface area contributed by atoms with E-state index in [1.54, 1.807) is 24.3 Å². The molecule has 0 fully saturated rings. The summed E-state index contributed by atoms with van der Waals surface area (Å²) in [5.74, 6) is 0. The van der Waals surface area contributed by atoms with Crippen LogP contribution in [-0.4, -0.2) is 13.0 Å². The molecule has 0 heterocycles. The van der Waals surface area contributed by atoms with E-state index in [1.165, 1.54) is 6.08 Å². The van der Waals surface area contributed by atoms with Crippen molar-refractivity contribution < 1.29 is 83.3 Å². The van der Waals surface area contributed by atoms with E-state index in [0.717, 1.165) is 11.0 Å². The summed E-state index contributed by atoms with van der Waals surface area (Å²) in [6.45, 7) is 0. The molecule has 0 aliphatic rings. The Morgan fingerprint density at radius 1 is 1.23 bits per heavy atom. The summed E-state index contributed by atoms with van der Waals surface area (Å²) in [6, 6.07) is 8.86. The maximum atomic E-state index is 10.3. The van der Waals surface area contributed by atoms with Crippen LogP contribution in [0.15, 0.2) is 35.7 Å². The molecule has 0 saturated heterocycles. The van der Waals surface area contributed by atoms with E-state index < -0.39 is 10.1 Å². The number of benzene rings is 1. The molecule has 13 heavy (non-hydrogen) atoms. The normalized spacial score (nSPS) is 11.2. The van der Waals surface area contributed by atoms with Crippen molar-refractivity contribution in [3.63, 3.8) is 0 Å². The van der Waals surface area contributed by atoms with Crippen molar-refractivity contribution in [3.8, 4) is 0 Å². The van der Waals surface area contributed by atoms with E-state index in [2.05, 4.69) is 0 Å². The van der Waals surface area contributed by atoms with Crippen LogP contribution in [0.5, 0.6) is 0 Å². The van der Waals surface area contributed by atoms with Gasteiger partial charge in [0.25, 0.3) is 10.1 Å². The zero-order valence-corrected chi connectivity index (χ0v) is 14.3. The monoisotopic (exact) mass is 318 g/mol. The smallest absolute Gasteiger partial charge is 1.00 e. The zero-order valence-electron chi connectivity index (χ0n) is 8.21. The molecule has 0 atom stereocenters. The fourth-order valence-corrected chi connectivity index (χ4v) is 1.06.